The SMILES string of the molecule is CC1CN(c2cc(F)c(C3=CC4CCC(C3)N4C(=O)OC(C)(C)C)cc2NC(=O)c2c[nH]c(=O)cc2C(F)(F)F)C[C@@H](C)N1C. The van der Waals surface area contributed by atoms with Crippen LogP contribution in [-0.4, -0.2) is 76.7 Å². The molecule has 4 heterocycles. The van der Waals surface area contributed by atoms with Crippen LogP contribution in [0.15, 0.2) is 35.3 Å². The van der Waals surface area contributed by atoms with Crippen molar-refractivity contribution in [1.29, 1.82) is 0 Å². The Morgan fingerprint density at radius 2 is 1.71 bits per heavy atom. The Balaban J connectivity index is 1.55. The Kier molecular flexibility index (Phi) is 8.54. The highest BCUT2D eigenvalue weighted by Crippen LogP contribution is 2.42. The number of amides is 2. The van der Waals surface area contributed by atoms with Crippen molar-refractivity contribution >= 4 is 28.9 Å². The Morgan fingerprint density at radius 3 is 2.31 bits per heavy atom. The second-order valence-electron chi connectivity index (χ2n) is 13.3. The predicted octanol–water partition coefficient (Wildman–Crippen LogP) is 5.87. The molecule has 45 heavy (non-hydrogen) atoms. The third-order valence-corrected chi connectivity index (χ3v) is 8.85. The van der Waals surface area contributed by atoms with Crippen LogP contribution in [-0.2, 0) is 10.9 Å². The Bertz CT molecular complexity index is 1570. The van der Waals surface area contributed by atoms with Gasteiger partial charge in [0.15, 0.2) is 0 Å². The average molecular weight is 634 g/mol. The van der Waals surface area contributed by atoms with E-state index in [2.05, 4.69) is 15.2 Å². The topological polar surface area (TPSA) is 98.0 Å². The number of carbonyl (C=O) groups excluding carboxylic acids is 2. The summed E-state index contributed by atoms with van der Waals surface area (Å²) in [6.45, 7) is 10.4. The number of aromatic amines is 1. The molecule has 3 aliphatic heterocycles. The third-order valence-electron chi connectivity index (χ3n) is 8.85. The molecule has 3 unspecified atom stereocenters. The highest BCUT2D eigenvalue weighted by molar-refractivity contribution is 6.07. The number of hydrogen-bond acceptors (Lipinski definition) is 6. The number of carbonyl (C=O) groups is 2. The third kappa shape index (κ3) is 6.73. The number of likely N-dealkylation sites (N-methyl/N-ethyl adjacent to an activating group) is 1. The molecule has 9 nitrogen and oxygen atoms in total. The van der Waals surface area contributed by atoms with Crippen LogP contribution in [0.3, 0.4) is 0 Å². The number of alkyl halides is 3. The maximum absolute atomic E-state index is 16.0. The largest absolute Gasteiger partial charge is 0.444 e. The van der Waals surface area contributed by atoms with Crippen molar-refractivity contribution in [1.82, 2.24) is 14.8 Å². The highest BCUT2D eigenvalue weighted by Gasteiger charge is 2.42. The molecule has 2 aromatic rings. The van der Waals surface area contributed by atoms with E-state index >= 15 is 4.39 Å². The van der Waals surface area contributed by atoms with E-state index in [9.17, 15) is 27.6 Å². The Labute approximate surface area is 259 Å². The van der Waals surface area contributed by atoms with Crippen molar-refractivity contribution in [2.24, 2.45) is 0 Å². The molecule has 2 fully saturated rings. The molecular formula is C32H39F4N5O4. The maximum atomic E-state index is 16.0. The molecule has 1 aromatic carbocycles. The molecule has 0 saturated carbocycles. The molecule has 5 rings (SSSR count). The zero-order valence-corrected chi connectivity index (χ0v) is 26.2. The standard InChI is InChI=1S/C32H39F4N5O4/c1-17-15-40(16-18(2)39(17)6)27-13-25(33)22(19-9-20-7-8-21(10-19)41(20)30(44)45-31(3,4)5)11-26(27)38-29(43)23-14-37-28(42)12-24(23)32(34,35)36/h9,11-14,17-18,20-21H,7-8,10,15-16H2,1-6H3,(H,37,42)(H,38,43)/t17-,18?,20?,21?/m1/s1. The number of benzene rings is 1. The summed E-state index contributed by atoms with van der Waals surface area (Å²) in [6.07, 6.45) is -1.09. The van der Waals surface area contributed by atoms with Crippen molar-refractivity contribution in [2.75, 3.05) is 30.4 Å². The molecule has 2 bridgehead atoms. The summed E-state index contributed by atoms with van der Waals surface area (Å²) in [5.74, 6) is -1.64. The molecule has 0 radical (unpaired) electrons. The second kappa shape index (κ2) is 11.8. The summed E-state index contributed by atoms with van der Waals surface area (Å²) < 4.78 is 63.0. The van der Waals surface area contributed by atoms with Crippen molar-refractivity contribution in [3.63, 3.8) is 0 Å². The molecule has 1 aromatic heterocycles. The number of halogens is 4. The number of H-pyrrole nitrogens is 1. The van der Waals surface area contributed by atoms with Crippen LogP contribution in [0, 0.1) is 5.82 Å². The fourth-order valence-corrected chi connectivity index (χ4v) is 6.48. The van der Waals surface area contributed by atoms with E-state index in [1.54, 1.807) is 25.7 Å². The van der Waals surface area contributed by atoms with Gasteiger partial charge in [0.1, 0.15) is 11.4 Å². The van der Waals surface area contributed by atoms with Crippen molar-refractivity contribution in [3.05, 3.63) is 63.3 Å². The minimum Gasteiger partial charge on any atom is -0.444 e. The van der Waals surface area contributed by atoms with Gasteiger partial charge in [-0.1, -0.05) is 6.08 Å². The smallest absolute Gasteiger partial charge is 0.417 e. The van der Waals surface area contributed by atoms with E-state index in [1.165, 1.54) is 12.1 Å². The van der Waals surface area contributed by atoms with E-state index < -0.39 is 46.3 Å². The molecule has 13 heteroatoms. The predicted molar refractivity (Wildman–Crippen MR) is 163 cm³/mol. The molecule has 2 amide bonds. The molecule has 2 saturated heterocycles. The van der Waals surface area contributed by atoms with Gasteiger partial charge in [0.25, 0.3) is 5.91 Å². The number of ether oxygens (including phenoxy) is 1. The van der Waals surface area contributed by atoms with Gasteiger partial charge in [-0.3, -0.25) is 19.4 Å². The monoisotopic (exact) mass is 633 g/mol. The fraction of sp³-hybridized carbons (Fsp3) is 0.531. The molecule has 244 valence electrons. The van der Waals surface area contributed by atoms with Crippen LogP contribution in [0.5, 0.6) is 0 Å². The quantitative estimate of drug-likeness (QED) is 0.409. The molecule has 0 spiro atoms. The maximum Gasteiger partial charge on any atom is 0.417 e. The lowest BCUT2D eigenvalue weighted by atomic mass is 9.93. The van der Waals surface area contributed by atoms with Gasteiger partial charge in [-0.25, -0.2) is 9.18 Å². The van der Waals surface area contributed by atoms with E-state index in [0.717, 1.165) is 6.20 Å². The number of anilines is 2. The van der Waals surface area contributed by atoms with Gasteiger partial charge in [0, 0.05) is 49.0 Å². The zero-order chi connectivity index (χ0) is 33.0. The van der Waals surface area contributed by atoms with Crippen LogP contribution in [0.2, 0.25) is 0 Å². The van der Waals surface area contributed by atoms with Crippen molar-refractivity contribution < 1.29 is 31.9 Å². The van der Waals surface area contributed by atoms with Crippen LogP contribution in [0.4, 0.5) is 33.7 Å². The molecule has 2 N–H and O–H groups in total. The van der Waals surface area contributed by atoms with Gasteiger partial charge in [0.05, 0.1) is 28.5 Å². The first-order chi connectivity index (χ1) is 20.9. The normalized spacial score (nSPS) is 24.0. The van der Waals surface area contributed by atoms with Gasteiger partial charge in [-0.15, -0.1) is 0 Å². The number of hydrogen-bond donors (Lipinski definition) is 2. The lowest BCUT2D eigenvalue weighted by Gasteiger charge is -2.44. The summed E-state index contributed by atoms with van der Waals surface area (Å²) in [4.78, 5) is 46.0. The number of nitrogens with one attached hydrogen (secondary N) is 2. The van der Waals surface area contributed by atoms with Gasteiger partial charge in [-0.2, -0.15) is 13.2 Å². The number of pyridine rings is 1. The molecular weight excluding hydrogens is 594 g/mol. The summed E-state index contributed by atoms with van der Waals surface area (Å²) >= 11 is 0. The van der Waals surface area contributed by atoms with Crippen LogP contribution >= 0.6 is 0 Å². The molecule has 3 aliphatic rings. The number of piperazine rings is 1. The zero-order valence-electron chi connectivity index (χ0n) is 26.2. The number of aromatic nitrogens is 1. The highest BCUT2D eigenvalue weighted by atomic mass is 19.4. The van der Waals surface area contributed by atoms with Gasteiger partial charge >= 0.3 is 12.3 Å². The van der Waals surface area contributed by atoms with Gasteiger partial charge in [0.2, 0.25) is 5.56 Å². The van der Waals surface area contributed by atoms with E-state index in [4.69, 9.17) is 4.74 Å². The van der Waals surface area contributed by atoms with Crippen LogP contribution in [0.25, 0.3) is 5.57 Å². The van der Waals surface area contributed by atoms with E-state index in [-0.39, 0.29) is 35.4 Å². The first-order valence-electron chi connectivity index (χ1n) is 15.1. The number of nitrogens with zero attached hydrogens (tertiary/aromatic N) is 3. The minimum absolute atomic E-state index is 0.0755. The molecule has 4 atom stereocenters. The number of fused-ring (bicyclic) bond motifs is 2. The lowest BCUT2D eigenvalue weighted by Crippen LogP contribution is -2.55. The van der Waals surface area contributed by atoms with E-state index in [1.807, 2.05) is 31.9 Å². The van der Waals surface area contributed by atoms with E-state index in [0.29, 0.717) is 49.7 Å². The Morgan fingerprint density at radius 1 is 1.04 bits per heavy atom. The molecule has 0 aliphatic carbocycles. The fourth-order valence-electron chi connectivity index (χ4n) is 6.48. The van der Waals surface area contributed by atoms with Crippen LogP contribution in [0.1, 0.15) is 75.4 Å². The van der Waals surface area contributed by atoms with Gasteiger partial charge < -0.3 is 19.9 Å². The van der Waals surface area contributed by atoms with Crippen molar-refractivity contribution in [2.45, 2.75) is 89.8 Å². The van der Waals surface area contributed by atoms with Gasteiger partial charge in [-0.05, 0) is 78.6 Å². The average Bonchev–Trinajstić information content (AvgIpc) is 3.20. The first kappa shape index (κ1) is 32.5. The first-order valence-corrected chi connectivity index (χ1v) is 15.1. The summed E-state index contributed by atoms with van der Waals surface area (Å²) in [5, 5.41) is 2.60. The Hall–Kier alpha value is -3.87. The summed E-state index contributed by atoms with van der Waals surface area (Å²) in [5.41, 5.74) is -2.49. The lowest BCUT2D eigenvalue weighted by molar-refractivity contribution is -0.138. The summed E-state index contributed by atoms with van der Waals surface area (Å²) in [7, 11) is 1.98. The second-order valence-corrected chi connectivity index (χ2v) is 13.3. The van der Waals surface area contributed by atoms with Crippen LogP contribution < -0.4 is 15.8 Å². The minimum atomic E-state index is -4.95. The summed E-state index contributed by atoms with van der Waals surface area (Å²) in [6, 6.07) is 2.75. The number of rotatable bonds is 4. The van der Waals surface area contributed by atoms with Crippen molar-refractivity contribution in [3.8, 4) is 0 Å².